The summed E-state index contributed by atoms with van der Waals surface area (Å²) in [5.41, 5.74) is 5.17. The van der Waals surface area contributed by atoms with Crippen LogP contribution in [0, 0.1) is 0 Å². The molecular weight excluding hydrogens is 348 g/mol. The van der Waals surface area contributed by atoms with E-state index in [0.717, 1.165) is 49.5 Å². The SMILES string of the molecule is Oc1ccc(Cc2ccccc2)cc1C=Nc1ccc(N2CCOCC2)cc1. The molecule has 1 heterocycles. The quantitative estimate of drug-likeness (QED) is 0.667. The van der Waals surface area contributed by atoms with Gasteiger partial charge < -0.3 is 14.7 Å². The van der Waals surface area contributed by atoms with E-state index in [-0.39, 0.29) is 5.75 Å². The molecule has 0 amide bonds. The predicted octanol–water partition coefficient (Wildman–Crippen LogP) is 4.57. The van der Waals surface area contributed by atoms with Crippen LogP contribution in [0.25, 0.3) is 0 Å². The van der Waals surface area contributed by atoms with Gasteiger partial charge >= 0.3 is 0 Å². The van der Waals surface area contributed by atoms with E-state index in [1.807, 2.05) is 42.5 Å². The van der Waals surface area contributed by atoms with Gasteiger partial charge in [-0.1, -0.05) is 36.4 Å². The van der Waals surface area contributed by atoms with Gasteiger partial charge in [0.25, 0.3) is 0 Å². The molecule has 4 heteroatoms. The first-order valence-corrected chi connectivity index (χ1v) is 9.60. The Morgan fingerprint density at radius 2 is 1.64 bits per heavy atom. The highest BCUT2D eigenvalue weighted by atomic mass is 16.5. The van der Waals surface area contributed by atoms with Crippen molar-refractivity contribution >= 4 is 17.6 Å². The third kappa shape index (κ3) is 4.59. The number of morpholine rings is 1. The van der Waals surface area contributed by atoms with E-state index in [9.17, 15) is 5.11 Å². The molecule has 0 aromatic heterocycles. The molecule has 0 unspecified atom stereocenters. The fraction of sp³-hybridized carbons (Fsp3) is 0.208. The van der Waals surface area contributed by atoms with Gasteiger partial charge in [-0.25, -0.2) is 0 Å². The molecule has 0 spiro atoms. The van der Waals surface area contributed by atoms with E-state index < -0.39 is 0 Å². The Morgan fingerprint density at radius 1 is 0.893 bits per heavy atom. The summed E-state index contributed by atoms with van der Waals surface area (Å²) in [5.74, 6) is 0.241. The fourth-order valence-corrected chi connectivity index (χ4v) is 3.36. The zero-order chi connectivity index (χ0) is 19.2. The summed E-state index contributed by atoms with van der Waals surface area (Å²) in [6.45, 7) is 3.40. The summed E-state index contributed by atoms with van der Waals surface area (Å²) >= 11 is 0. The minimum Gasteiger partial charge on any atom is -0.507 e. The maximum atomic E-state index is 10.2. The van der Waals surface area contributed by atoms with Crippen molar-refractivity contribution in [2.45, 2.75) is 6.42 Å². The molecule has 1 aliphatic rings. The number of nitrogens with zero attached hydrogens (tertiary/aromatic N) is 2. The first-order valence-electron chi connectivity index (χ1n) is 9.60. The maximum absolute atomic E-state index is 10.2. The molecule has 1 N–H and O–H groups in total. The van der Waals surface area contributed by atoms with Crippen LogP contribution in [0.15, 0.2) is 77.8 Å². The fourth-order valence-electron chi connectivity index (χ4n) is 3.36. The van der Waals surface area contributed by atoms with Gasteiger partial charge in [0.15, 0.2) is 0 Å². The summed E-state index contributed by atoms with van der Waals surface area (Å²) in [6.07, 6.45) is 2.56. The number of rotatable bonds is 5. The van der Waals surface area contributed by atoms with Crippen LogP contribution in [-0.4, -0.2) is 37.6 Å². The van der Waals surface area contributed by atoms with Crippen molar-refractivity contribution in [3.63, 3.8) is 0 Å². The monoisotopic (exact) mass is 372 g/mol. The van der Waals surface area contributed by atoms with Crippen molar-refractivity contribution in [3.05, 3.63) is 89.5 Å². The molecule has 0 bridgehead atoms. The van der Waals surface area contributed by atoms with Gasteiger partial charge in [-0.05, 0) is 53.9 Å². The van der Waals surface area contributed by atoms with Crippen molar-refractivity contribution < 1.29 is 9.84 Å². The van der Waals surface area contributed by atoms with Crippen molar-refractivity contribution in [3.8, 4) is 5.75 Å². The summed E-state index contributed by atoms with van der Waals surface area (Å²) in [4.78, 5) is 6.86. The molecule has 0 atom stereocenters. The number of phenols is 1. The van der Waals surface area contributed by atoms with E-state index in [1.165, 1.54) is 11.3 Å². The average Bonchev–Trinajstić information content (AvgIpc) is 2.76. The standard InChI is InChI=1S/C24H24N2O2/c27-24-11-6-20(16-19-4-2-1-3-5-19)17-21(24)18-25-22-7-9-23(10-8-22)26-12-14-28-15-13-26/h1-11,17-18,27H,12-16H2. The molecular formula is C24H24N2O2. The Hall–Kier alpha value is -3.11. The molecule has 4 nitrogen and oxygen atoms in total. The van der Waals surface area contributed by atoms with E-state index in [0.29, 0.717) is 0 Å². The van der Waals surface area contributed by atoms with Crippen molar-refractivity contribution in [1.29, 1.82) is 0 Å². The number of aromatic hydroxyl groups is 1. The Bertz CT molecular complexity index is 931. The summed E-state index contributed by atoms with van der Waals surface area (Å²) in [6, 6.07) is 24.2. The minimum atomic E-state index is 0.241. The highest BCUT2D eigenvalue weighted by Crippen LogP contribution is 2.23. The summed E-state index contributed by atoms with van der Waals surface area (Å²) in [7, 11) is 0. The zero-order valence-corrected chi connectivity index (χ0v) is 15.8. The van der Waals surface area contributed by atoms with Crippen LogP contribution >= 0.6 is 0 Å². The molecule has 3 aromatic rings. The lowest BCUT2D eigenvalue weighted by Crippen LogP contribution is -2.36. The number of phenolic OH excluding ortho intramolecular Hbond substituents is 1. The van der Waals surface area contributed by atoms with Gasteiger partial charge in [0.1, 0.15) is 5.75 Å². The molecule has 1 fully saturated rings. The summed E-state index contributed by atoms with van der Waals surface area (Å²) < 4.78 is 5.40. The van der Waals surface area contributed by atoms with Crippen LogP contribution < -0.4 is 4.90 Å². The van der Waals surface area contributed by atoms with E-state index >= 15 is 0 Å². The van der Waals surface area contributed by atoms with E-state index in [2.05, 4.69) is 34.2 Å². The summed E-state index contributed by atoms with van der Waals surface area (Å²) in [5, 5.41) is 10.2. The van der Waals surface area contributed by atoms with Crippen molar-refractivity contribution in [2.24, 2.45) is 4.99 Å². The lowest BCUT2D eigenvalue weighted by Gasteiger charge is -2.28. The van der Waals surface area contributed by atoms with Crippen LogP contribution in [-0.2, 0) is 11.2 Å². The molecule has 28 heavy (non-hydrogen) atoms. The predicted molar refractivity (Wildman–Crippen MR) is 114 cm³/mol. The second-order valence-electron chi connectivity index (χ2n) is 6.93. The number of ether oxygens (including phenoxy) is 1. The van der Waals surface area contributed by atoms with Crippen LogP contribution in [0.2, 0.25) is 0 Å². The topological polar surface area (TPSA) is 45.1 Å². The molecule has 1 aliphatic heterocycles. The third-order valence-corrected chi connectivity index (χ3v) is 4.92. The first kappa shape index (κ1) is 18.3. The Labute approximate surface area is 165 Å². The number of benzene rings is 3. The van der Waals surface area contributed by atoms with Gasteiger partial charge in [-0.3, -0.25) is 4.99 Å². The smallest absolute Gasteiger partial charge is 0.124 e. The van der Waals surface area contributed by atoms with Crippen LogP contribution in [0.5, 0.6) is 5.75 Å². The molecule has 1 saturated heterocycles. The number of aliphatic imine (C=N–C) groups is 1. The third-order valence-electron chi connectivity index (χ3n) is 4.92. The lowest BCUT2D eigenvalue weighted by molar-refractivity contribution is 0.122. The lowest BCUT2D eigenvalue weighted by atomic mass is 10.0. The molecule has 4 rings (SSSR count). The molecule has 142 valence electrons. The number of hydrogen-bond acceptors (Lipinski definition) is 4. The normalized spacial score (nSPS) is 14.5. The Kier molecular flexibility index (Phi) is 5.69. The molecule has 0 aliphatic carbocycles. The largest absolute Gasteiger partial charge is 0.507 e. The van der Waals surface area contributed by atoms with Gasteiger partial charge in [0, 0.05) is 30.6 Å². The first-order chi connectivity index (χ1) is 13.8. The van der Waals surface area contributed by atoms with Crippen molar-refractivity contribution in [1.82, 2.24) is 0 Å². The van der Waals surface area contributed by atoms with Crippen LogP contribution in [0.1, 0.15) is 16.7 Å². The van der Waals surface area contributed by atoms with Crippen LogP contribution in [0.3, 0.4) is 0 Å². The number of hydrogen-bond donors (Lipinski definition) is 1. The van der Waals surface area contributed by atoms with Gasteiger partial charge in [-0.15, -0.1) is 0 Å². The zero-order valence-electron chi connectivity index (χ0n) is 15.8. The molecule has 0 radical (unpaired) electrons. The second kappa shape index (κ2) is 8.72. The Balaban J connectivity index is 1.47. The average molecular weight is 372 g/mol. The molecule has 0 saturated carbocycles. The maximum Gasteiger partial charge on any atom is 0.124 e. The van der Waals surface area contributed by atoms with Crippen LogP contribution in [0.4, 0.5) is 11.4 Å². The van der Waals surface area contributed by atoms with Crippen molar-refractivity contribution in [2.75, 3.05) is 31.2 Å². The highest BCUT2D eigenvalue weighted by Gasteiger charge is 2.10. The second-order valence-corrected chi connectivity index (χ2v) is 6.93. The minimum absolute atomic E-state index is 0.241. The van der Waals surface area contributed by atoms with Gasteiger partial charge in [0.2, 0.25) is 0 Å². The Morgan fingerprint density at radius 3 is 2.39 bits per heavy atom. The van der Waals surface area contributed by atoms with E-state index in [1.54, 1.807) is 12.3 Å². The molecule has 3 aromatic carbocycles. The highest BCUT2D eigenvalue weighted by molar-refractivity contribution is 5.85. The van der Waals surface area contributed by atoms with E-state index in [4.69, 9.17) is 4.74 Å². The van der Waals surface area contributed by atoms with Gasteiger partial charge in [0.05, 0.1) is 18.9 Å². The van der Waals surface area contributed by atoms with Gasteiger partial charge in [-0.2, -0.15) is 0 Å². The number of anilines is 1.